The zero-order chi connectivity index (χ0) is 39.3. The van der Waals surface area contributed by atoms with Crippen LogP contribution in [0.3, 0.4) is 0 Å². The van der Waals surface area contributed by atoms with E-state index in [0.29, 0.717) is 37.9 Å². The van der Waals surface area contributed by atoms with Gasteiger partial charge in [-0.15, -0.1) is 4.99 Å². The van der Waals surface area contributed by atoms with Crippen molar-refractivity contribution in [2.45, 2.75) is 115 Å². The number of amides is 3. The van der Waals surface area contributed by atoms with Crippen LogP contribution in [0.25, 0.3) is 0 Å². The molecule has 0 unspecified atom stereocenters. The molecule has 0 radical (unpaired) electrons. The number of carbonyl (C=O) groups excluding carboxylic acids is 4. The number of ether oxygens (including phenoxy) is 3. The number of benzene rings is 1. The lowest BCUT2D eigenvalue weighted by molar-refractivity contribution is -0.156. The highest BCUT2D eigenvalue weighted by atomic mass is 32.2. The van der Waals surface area contributed by atoms with Gasteiger partial charge >= 0.3 is 18.2 Å². The van der Waals surface area contributed by atoms with Crippen LogP contribution < -0.4 is 10.0 Å². The largest absolute Gasteiger partial charge is 0.467 e. The molecule has 0 saturated carbocycles. The van der Waals surface area contributed by atoms with E-state index in [2.05, 4.69) is 19.9 Å². The maximum Gasteiger partial charge on any atom is 0.437 e. The fourth-order valence-corrected chi connectivity index (χ4v) is 7.83. The SMILES string of the molecule is COC(=O)[C@@H]1C[C@H](C)CCN1C(=O)[C@H](CC1=CCCN(C(=NC(=O)OC(C)(C)C)NC(=O)OC(C)(C)C)C1)NS(=O)(=O)c1ccc2c(c1)CN(C)CC2. The van der Waals surface area contributed by atoms with Crippen molar-refractivity contribution < 1.29 is 41.8 Å². The number of hydrogen-bond acceptors (Lipinski definition) is 10. The predicted octanol–water partition coefficient (Wildman–Crippen LogP) is 3.96. The van der Waals surface area contributed by atoms with Gasteiger partial charge in [0.15, 0.2) is 0 Å². The summed E-state index contributed by atoms with van der Waals surface area (Å²) in [5.41, 5.74) is 0.945. The summed E-state index contributed by atoms with van der Waals surface area (Å²) in [5, 5.41) is 2.57. The molecule has 3 heterocycles. The Morgan fingerprint density at radius 3 is 2.34 bits per heavy atom. The minimum absolute atomic E-state index is 0.0359. The Balaban J connectivity index is 1.66. The number of esters is 1. The molecule has 1 fully saturated rings. The number of likely N-dealkylation sites (tertiary alicyclic amines) is 1. The van der Waals surface area contributed by atoms with Crippen LogP contribution in [0.1, 0.15) is 85.3 Å². The standard InChI is InChI=1S/C37H56N6O9S/c1-24-14-18-43(30(19-24)32(45)50-9)31(44)29(40-53(48,49)28-13-12-26-15-17-41(8)23-27(26)21-28)20-25-11-10-16-42(22-25)33(38-34(46)51-36(2,3)4)39-35(47)52-37(5,6)7/h11-13,21,24,29-30,40H,10,14-20,22-23H2,1-9H3,(H,38,39,46,47)/t24-,29+,30+/m1/s1. The number of rotatable bonds is 7. The van der Waals surface area contributed by atoms with Crippen LogP contribution in [0.15, 0.2) is 39.7 Å². The highest BCUT2D eigenvalue weighted by Gasteiger charge is 2.40. The van der Waals surface area contributed by atoms with Crippen LogP contribution in [0, 0.1) is 5.92 Å². The molecule has 2 N–H and O–H groups in total. The number of guanidine groups is 1. The number of hydrogen-bond donors (Lipinski definition) is 2. The van der Waals surface area contributed by atoms with Gasteiger partial charge in [0.05, 0.1) is 12.0 Å². The Hall–Kier alpha value is -4.02. The first-order chi connectivity index (χ1) is 24.6. The second-order valence-electron chi connectivity index (χ2n) is 16.1. The second kappa shape index (κ2) is 17.0. The lowest BCUT2D eigenvalue weighted by Gasteiger charge is -2.39. The minimum Gasteiger partial charge on any atom is -0.467 e. The van der Waals surface area contributed by atoms with Gasteiger partial charge in [-0.25, -0.2) is 22.8 Å². The van der Waals surface area contributed by atoms with Gasteiger partial charge in [-0.1, -0.05) is 24.6 Å². The van der Waals surface area contributed by atoms with Crippen molar-refractivity contribution in [1.82, 2.24) is 24.7 Å². The number of nitrogens with zero attached hydrogens (tertiary/aromatic N) is 4. The Morgan fingerprint density at radius 1 is 0.981 bits per heavy atom. The van der Waals surface area contributed by atoms with E-state index < -0.39 is 57.4 Å². The predicted molar refractivity (Wildman–Crippen MR) is 198 cm³/mol. The molecule has 0 spiro atoms. The smallest absolute Gasteiger partial charge is 0.437 e. The third-order valence-electron chi connectivity index (χ3n) is 9.10. The summed E-state index contributed by atoms with van der Waals surface area (Å²) in [7, 11) is -0.988. The summed E-state index contributed by atoms with van der Waals surface area (Å²) in [6, 6.07) is 2.85. The normalized spacial score (nSPS) is 20.8. The van der Waals surface area contributed by atoms with Crippen molar-refractivity contribution >= 4 is 40.0 Å². The van der Waals surface area contributed by atoms with E-state index in [-0.39, 0.29) is 36.3 Å². The Morgan fingerprint density at radius 2 is 1.68 bits per heavy atom. The van der Waals surface area contributed by atoms with Crippen LogP contribution in [0.5, 0.6) is 0 Å². The first-order valence-electron chi connectivity index (χ1n) is 18.1. The van der Waals surface area contributed by atoms with Crippen LogP contribution in [-0.4, -0.2) is 117 Å². The highest BCUT2D eigenvalue weighted by Crippen LogP contribution is 2.27. The van der Waals surface area contributed by atoms with Gasteiger partial charge in [-0.2, -0.15) is 4.72 Å². The number of nitrogens with one attached hydrogen (secondary N) is 2. The van der Waals surface area contributed by atoms with Gasteiger partial charge < -0.3 is 28.9 Å². The number of sulfonamides is 1. The van der Waals surface area contributed by atoms with Crippen LogP contribution in [0.4, 0.5) is 9.59 Å². The summed E-state index contributed by atoms with van der Waals surface area (Å²) in [5.74, 6) is -1.08. The summed E-state index contributed by atoms with van der Waals surface area (Å²) in [6.45, 7) is 14.3. The molecular formula is C37H56N6O9S. The number of fused-ring (bicyclic) bond motifs is 1. The van der Waals surface area contributed by atoms with Gasteiger partial charge in [0.1, 0.15) is 23.3 Å². The molecule has 1 aromatic rings. The van der Waals surface area contributed by atoms with Crippen molar-refractivity contribution in [3.8, 4) is 0 Å². The molecule has 3 aliphatic heterocycles. The molecule has 15 nitrogen and oxygen atoms in total. The Labute approximate surface area is 313 Å². The van der Waals surface area contributed by atoms with E-state index in [1.807, 2.05) is 26.1 Å². The topological polar surface area (TPSA) is 176 Å². The van der Waals surface area contributed by atoms with Crippen molar-refractivity contribution in [2.24, 2.45) is 10.9 Å². The lowest BCUT2D eigenvalue weighted by atomic mass is 9.91. The molecule has 4 rings (SSSR count). The van der Waals surface area contributed by atoms with E-state index in [9.17, 15) is 27.6 Å². The van der Waals surface area contributed by atoms with E-state index >= 15 is 0 Å². The molecule has 3 atom stereocenters. The third kappa shape index (κ3) is 12.0. The summed E-state index contributed by atoms with van der Waals surface area (Å²) in [4.78, 5) is 62.3. The average molecular weight is 761 g/mol. The zero-order valence-electron chi connectivity index (χ0n) is 32.5. The molecule has 0 bridgehead atoms. The molecule has 294 valence electrons. The number of piperidine rings is 1. The quantitative estimate of drug-likeness (QED) is 0.135. The molecule has 16 heteroatoms. The van der Waals surface area contributed by atoms with Gasteiger partial charge in [-0.05, 0) is 110 Å². The van der Waals surface area contributed by atoms with E-state index in [4.69, 9.17) is 14.2 Å². The molecule has 0 aromatic heterocycles. The monoisotopic (exact) mass is 760 g/mol. The number of methoxy groups -OCH3 is 1. The molecule has 1 saturated heterocycles. The lowest BCUT2D eigenvalue weighted by Crippen LogP contribution is -2.57. The van der Waals surface area contributed by atoms with E-state index in [0.717, 1.165) is 24.1 Å². The van der Waals surface area contributed by atoms with Crippen molar-refractivity contribution in [1.29, 1.82) is 0 Å². The Bertz CT molecular complexity index is 1710. The fourth-order valence-electron chi connectivity index (χ4n) is 6.59. The van der Waals surface area contributed by atoms with Crippen molar-refractivity contribution in [3.63, 3.8) is 0 Å². The molecular weight excluding hydrogens is 705 g/mol. The summed E-state index contributed by atoms with van der Waals surface area (Å²) in [6.07, 6.45) is 2.32. The molecule has 53 heavy (non-hydrogen) atoms. The number of carbonyl (C=O) groups is 4. The van der Waals surface area contributed by atoms with Crippen molar-refractivity contribution in [3.05, 3.63) is 41.0 Å². The third-order valence-corrected chi connectivity index (χ3v) is 10.6. The molecule has 1 aromatic carbocycles. The first-order valence-corrected chi connectivity index (χ1v) is 19.6. The van der Waals surface area contributed by atoms with E-state index in [1.165, 1.54) is 12.0 Å². The van der Waals surface area contributed by atoms with Gasteiger partial charge in [0.25, 0.3) is 0 Å². The molecule has 3 amide bonds. The number of likely N-dealkylation sites (N-methyl/N-ethyl adjacent to an activating group) is 1. The number of alkyl carbamates (subject to hydrolysis) is 1. The number of aliphatic imine (C=N–C) groups is 1. The zero-order valence-corrected chi connectivity index (χ0v) is 33.3. The van der Waals surface area contributed by atoms with Gasteiger partial charge in [-0.3, -0.25) is 10.1 Å². The fraction of sp³-hybridized carbons (Fsp3) is 0.649. The first kappa shape index (κ1) is 41.7. The van der Waals surface area contributed by atoms with Gasteiger partial charge in [0, 0.05) is 32.7 Å². The summed E-state index contributed by atoms with van der Waals surface area (Å²) >= 11 is 0. The van der Waals surface area contributed by atoms with E-state index in [1.54, 1.807) is 58.6 Å². The Kier molecular flexibility index (Phi) is 13.4. The minimum atomic E-state index is -4.23. The van der Waals surface area contributed by atoms with Crippen LogP contribution in [-0.2, 0) is 46.8 Å². The maximum absolute atomic E-state index is 14.5. The maximum atomic E-state index is 14.5. The summed E-state index contributed by atoms with van der Waals surface area (Å²) < 4.78 is 46.7. The molecule has 3 aliphatic rings. The van der Waals surface area contributed by atoms with Crippen LogP contribution in [0.2, 0.25) is 0 Å². The second-order valence-corrected chi connectivity index (χ2v) is 17.8. The van der Waals surface area contributed by atoms with Crippen molar-refractivity contribution in [2.75, 3.05) is 40.3 Å². The van der Waals surface area contributed by atoms with Crippen LogP contribution >= 0.6 is 0 Å². The molecule has 0 aliphatic carbocycles. The van der Waals surface area contributed by atoms with Gasteiger partial charge in [0.2, 0.25) is 21.9 Å². The highest BCUT2D eigenvalue weighted by molar-refractivity contribution is 7.89. The average Bonchev–Trinajstić information content (AvgIpc) is 3.05.